The minimum Gasteiger partial charge on any atom is -0.352 e. The van der Waals surface area contributed by atoms with Crippen molar-refractivity contribution in [1.82, 2.24) is 10.2 Å². The molecule has 168 valence electrons. The van der Waals surface area contributed by atoms with Gasteiger partial charge >= 0.3 is 0 Å². The first-order chi connectivity index (χ1) is 14.7. The van der Waals surface area contributed by atoms with Crippen LogP contribution in [-0.4, -0.2) is 34.6 Å². The minimum absolute atomic E-state index is 0.0481. The van der Waals surface area contributed by atoms with E-state index in [1.807, 2.05) is 20.8 Å². The number of halogens is 3. The summed E-state index contributed by atoms with van der Waals surface area (Å²) in [5.41, 5.74) is 1.24. The van der Waals surface area contributed by atoms with Crippen molar-refractivity contribution in [2.24, 2.45) is 0 Å². The van der Waals surface area contributed by atoms with Crippen molar-refractivity contribution in [2.45, 2.75) is 51.6 Å². The summed E-state index contributed by atoms with van der Waals surface area (Å²) in [5, 5.41) is 3.82. The average molecular weight is 485 g/mol. The summed E-state index contributed by atoms with van der Waals surface area (Å²) in [4.78, 5) is 27.5. The third-order valence-electron chi connectivity index (χ3n) is 4.61. The fourth-order valence-electron chi connectivity index (χ4n) is 3.08. The van der Waals surface area contributed by atoms with Crippen molar-refractivity contribution in [2.75, 3.05) is 5.75 Å². The Kier molecular flexibility index (Phi) is 10.1. The largest absolute Gasteiger partial charge is 0.352 e. The third kappa shape index (κ3) is 7.70. The number of hydrogen-bond donors (Lipinski definition) is 1. The number of carbonyl (C=O) groups is 2. The summed E-state index contributed by atoms with van der Waals surface area (Å²) in [6, 6.07) is 10.9. The number of hydrogen-bond acceptors (Lipinski definition) is 3. The minimum atomic E-state index is -0.643. The smallest absolute Gasteiger partial charge is 0.243 e. The van der Waals surface area contributed by atoms with Gasteiger partial charge in [0.2, 0.25) is 11.8 Å². The highest BCUT2D eigenvalue weighted by Gasteiger charge is 2.29. The molecule has 1 N–H and O–H groups in total. The molecule has 2 aromatic carbocycles. The molecular formula is C23H27Cl2FN2O2S. The van der Waals surface area contributed by atoms with Gasteiger partial charge in [0.25, 0.3) is 0 Å². The van der Waals surface area contributed by atoms with Crippen LogP contribution in [0.15, 0.2) is 42.5 Å². The monoisotopic (exact) mass is 484 g/mol. The van der Waals surface area contributed by atoms with Gasteiger partial charge in [0.1, 0.15) is 11.9 Å². The van der Waals surface area contributed by atoms with E-state index in [0.29, 0.717) is 33.3 Å². The number of rotatable bonds is 10. The maximum atomic E-state index is 13.9. The highest BCUT2D eigenvalue weighted by molar-refractivity contribution is 7.99. The Morgan fingerprint density at radius 2 is 1.84 bits per heavy atom. The lowest BCUT2D eigenvalue weighted by atomic mass is 10.1. The lowest BCUT2D eigenvalue weighted by molar-refractivity contribution is -0.139. The van der Waals surface area contributed by atoms with Gasteiger partial charge in [-0.05, 0) is 49.6 Å². The van der Waals surface area contributed by atoms with Crippen molar-refractivity contribution in [3.8, 4) is 0 Å². The second kappa shape index (κ2) is 12.3. The molecule has 0 aromatic heterocycles. The van der Waals surface area contributed by atoms with Crippen molar-refractivity contribution >= 4 is 46.8 Å². The van der Waals surface area contributed by atoms with Gasteiger partial charge in [0.05, 0.1) is 5.75 Å². The van der Waals surface area contributed by atoms with Crippen molar-refractivity contribution in [1.29, 1.82) is 0 Å². The van der Waals surface area contributed by atoms with E-state index in [4.69, 9.17) is 23.2 Å². The van der Waals surface area contributed by atoms with Crippen LogP contribution in [0.4, 0.5) is 4.39 Å². The van der Waals surface area contributed by atoms with Gasteiger partial charge < -0.3 is 10.2 Å². The first-order valence-electron chi connectivity index (χ1n) is 10.1. The van der Waals surface area contributed by atoms with E-state index >= 15 is 0 Å². The zero-order valence-electron chi connectivity index (χ0n) is 17.8. The van der Waals surface area contributed by atoms with Gasteiger partial charge in [-0.15, -0.1) is 11.8 Å². The van der Waals surface area contributed by atoms with Crippen LogP contribution >= 0.6 is 35.0 Å². The second-order valence-electron chi connectivity index (χ2n) is 7.43. The Hall–Kier alpha value is -1.76. The maximum absolute atomic E-state index is 13.9. The number of nitrogens with zero attached hydrogens (tertiary/aromatic N) is 1. The molecule has 0 aliphatic heterocycles. The van der Waals surface area contributed by atoms with Gasteiger partial charge in [-0.3, -0.25) is 9.59 Å². The highest BCUT2D eigenvalue weighted by atomic mass is 35.5. The number of thioether (sulfide) groups is 1. The van der Waals surface area contributed by atoms with Gasteiger partial charge in [-0.25, -0.2) is 4.39 Å². The summed E-state index contributed by atoms with van der Waals surface area (Å²) in [7, 11) is 0. The number of benzene rings is 2. The molecule has 0 bridgehead atoms. The van der Waals surface area contributed by atoms with Crippen LogP contribution in [0.25, 0.3) is 0 Å². The van der Waals surface area contributed by atoms with E-state index < -0.39 is 6.04 Å². The predicted molar refractivity (Wildman–Crippen MR) is 127 cm³/mol. The molecule has 31 heavy (non-hydrogen) atoms. The molecule has 2 amide bonds. The summed E-state index contributed by atoms with van der Waals surface area (Å²) in [5.74, 6) is -0.239. The summed E-state index contributed by atoms with van der Waals surface area (Å²) in [6.07, 6.45) is 0.452. The number of amides is 2. The molecule has 0 saturated heterocycles. The quantitative estimate of drug-likeness (QED) is 0.470. The lowest BCUT2D eigenvalue weighted by Gasteiger charge is -2.31. The van der Waals surface area contributed by atoms with Crippen LogP contribution in [0.3, 0.4) is 0 Å². The van der Waals surface area contributed by atoms with E-state index in [9.17, 15) is 14.0 Å². The Bertz CT molecular complexity index is 911. The van der Waals surface area contributed by atoms with E-state index in [0.717, 1.165) is 0 Å². The molecule has 4 nitrogen and oxygen atoms in total. The van der Waals surface area contributed by atoms with Gasteiger partial charge in [0.15, 0.2) is 0 Å². The second-order valence-corrected chi connectivity index (χ2v) is 9.26. The molecule has 2 aromatic rings. The van der Waals surface area contributed by atoms with Crippen molar-refractivity contribution in [3.63, 3.8) is 0 Å². The fourth-order valence-corrected chi connectivity index (χ4v) is 4.45. The van der Waals surface area contributed by atoms with Gasteiger partial charge in [-0.2, -0.15) is 0 Å². The van der Waals surface area contributed by atoms with Crippen LogP contribution < -0.4 is 5.32 Å². The molecule has 0 radical (unpaired) electrons. The number of nitrogens with one attached hydrogen (secondary N) is 1. The Balaban J connectivity index is 2.19. The van der Waals surface area contributed by atoms with Crippen LogP contribution in [0.2, 0.25) is 10.0 Å². The predicted octanol–water partition coefficient (Wildman–Crippen LogP) is 5.70. The van der Waals surface area contributed by atoms with Gasteiger partial charge in [-0.1, -0.05) is 54.4 Å². The normalized spacial score (nSPS) is 12.0. The van der Waals surface area contributed by atoms with E-state index in [1.165, 1.54) is 17.8 Å². The van der Waals surface area contributed by atoms with Crippen molar-refractivity contribution < 1.29 is 14.0 Å². The molecule has 0 unspecified atom stereocenters. The molecule has 0 aliphatic carbocycles. The molecule has 0 aliphatic rings. The summed E-state index contributed by atoms with van der Waals surface area (Å²) < 4.78 is 13.9. The average Bonchev–Trinajstić information content (AvgIpc) is 2.70. The summed E-state index contributed by atoms with van der Waals surface area (Å²) >= 11 is 13.6. The van der Waals surface area contributed by atoms with E-state index in [-0.39, 0.29) is 36.0 Å². The molecule has 2 rings (SSSR count). The first kappa shape index (κ1) is 25.5. The topological polar surface area (TPSA) is 49.4 Å². The van der Waals surface area contributed by atoms with Gasteiger partial charge in [0, 0.05) is 28.4 Å². The van der Waals surface area contributed by atoms with Crippen LogP contribution in [0, 0.1) is 5.82 Å². The fraction of sp³-hybridized carbons (Fsp3) is 0.391. The first-order valence-corrected chi connectivity index (χ1v) is 12.0. The molecule has 0 fully saturated rings. The lowest BCUT2D eigenvalue weighted by Crippen LogP contribution is -2.51. The zero-order chi connectivity index (χ0) is 23.0. The highest BCUT2D eigenvalue weighted by Crippen LogP contribution is 2.24. The third-order valence-corrected chi connectivity index (χ3v) is 6.17. The van der Waals surface area contributed by atoms with Crippen LogP contribution in [0.5, 0.6) is 0 Å². The molecule has 0 heterocycles. The molecule has 1 atom stereocenters. The van der Waals surface area contributed by atoms with E-state index in [2.05, 4.69) is 5.32 Å². The Morgan fingerprint density at radius 1 is 1.13 bits per heavy atom. The Morgan fingerprint density at radius 3 is 2.45 bits per heavy atom. The molecular weight excluding hydrogens is 458 g/mol. The van der Waals surface area contributed by atoms with Crippen LogP contribution in [-0.2, 0) is 21.9 Å². The SMILES string of the molecule is CC[C@@H](C(=O)NC(C)C)N(Cc1ccc(Cl)cc1Cl)C(=O)CSCc1ccccc1F. The maximum Gasteiger partial charge on any atom is 0.243 e. The molecule has 0 spiro atoms. The zero-order valence-corrected chi connectivity index (χ0v) is 20.2. The molecule has 8 heteroatoms. The Labute approximate surface area is 197 Å². The van der Waals surface area contributed by atoms with E-state index in [1.54, 1.807) is 41.3 Å². The van der Waals surface area contributed by atoms with Crippen LogP contribution in [0.1, 0.15) is 38.3 Å². The molecule has 0 saturated carbocycles. The standard InChI is InChI=1S/C23H27Cl2FN2O2S/c1-4-21(23(30)27-15(2)3)28(12-16-9-10-18(24)11-19(16)25)22(29)14-31-13-17-7-5-6-8-20(17)26/h5-11,15,21H,4,12-14H2,1-3H3,(H,27,30)/t21-/m0/s1. The number of carbonyl (C=O) groups excluding carboxylic acids is 2. The summed E-state index contributed by atoms with van der Waals surface area (Å²) in [6.45, 7) is 5.79. The van der Waals surface area contributed by atoms with Crippen molar-refractivity contribution in [3.05, 3.63) is 69.5 Å².